The van der Waals surface area contributed by atoms with E-state index in [2.05, 4.69) is 5.32 Å². The van der Waals surface area contributed by atoms with Gasteiger partial charge in [0.2, 0.25) is 15.9 Å². The third kappa shape index (κ3) is 6.00. The molecule has 5 nitrogen and oxygen atoms in total. The quantitative estimate of drug-likeness (QED) is 0.595. The number of carbonyl (C=O) groups excluding carboxylic acids is 1. The maximum Gasteiger partial charge on any atom is 0.243 e. The van der Waals surface area contributed by atoms with E-state index >= 15 is 0 Å². The highest BCUT2D eigenvalue weighted by atomic mass is 35.5. The molecule has 1 atom stereocenters. The molecule has 1 saturated heterocycles. The summed E-state index contributed by atoms with van der Waals surface area (Å²) in [6, 6.07) is 14.6. The van der Waals surface area contributed by atoms with Gasteiger partial charge in [-0.25, -0.2) is 8.42 Å². The number of thioether (sulfide) groups is 1. The summed E-state index contributed by atoms with van der Waals surface area (Å²) in [6.45, 7) is 3.15. The van der Waals surface area contributed by atoms with E-state index in [1.54, 1.807) is 36.0 Å². The molecule has 162 valence electrons. The Morgan fingerprint density at radius 2 is 1.93 bits per heavy atom. The van der Waals surface area contributed by atoms with Crippen LogP contribution in [-0.2, 0) is 20.6 Å². The Bertz CT molecular complexity index is 965. The lowest BCUT2D eigenvalue weighted by atomic mass is 9.99. The Balaban J connectivity index is 1.47. The lowest BCUT2D eigenvalue weighted by Crippen LogP contribution is -2.45. The minimum Gasteiger partial charge on any atom is -0.355 e. The molecule has 2 aromatic carbocycles. The van der Waals surface area contributed by atoms with Crippen LogP contribution < -0.4 is 5.32 Å². The van der Waals surface area contributed by atoms with Crippen molar-refractivity contribution in [2.45, 2.75) is 30.4 Å². The molecule has 1 fully saturated rings. The largest absolute Gasteiger partial charge is 0.355 e. The third-order valence-electron chi connectivity index (χ3n) is 5.17. The fourth-order valence-corrected chi connectivity index (χ4v) is 6.09. The van der Waals surface area contributed by atoms with Crippen molar-refractivity contribution in [2.75, 3.05) is 25.4 Å². The van der Waals surface area contributed by atoms with Crippen LogP contribution in [0.3, 0.4) is 0 Å². The Labute approximate surface area is 188 Å². The number of nitrogens with one attached hydrogen (secondary N) is 1. The van der Waals surface area contributed by atoms with Crippen LogP contribution in [0.15, 0.2) is 53.4 Å². The second-order valence-electron chi connectivity index (χ2n) is 7.45. The van der Waals surface area contributed by atoms with Gasteiger partial charge in [0.25, 0.3) is 0 Å². The number of piperidine rings is 1. The van der Waals surface area contributed by atoms with Gasteiger partial charge in [-0.1, -0.05) is 47.5 Å². The van der Waals surface area contributed by atoms with Gasteiger partial charge in [-0.05, 0) is 43.5 Å². The summed E-state index contributed by atoms with van der Waals surface area (Å²) in [5, 5.41) is 3.71. The molecule has 8 heteroatoms. The van der Waals surface area contributed by atoms with Crippen molar-refractivity contribution in [3.05, 3.63) is 64.7 Å². The number of rotatable bonds is 8. The van der Waals surface area contributed by atoms with Crippen LogP contribution in [0.25, 0.3) is 0 Å². The molecule has 0 bridgehead atoms. The Morgan fingerprint density at radius 3 is 2.67 bits per heavy atom. The highest BCUT2D eigenvalue weighted by Crippen LogP contribution is 2.24. The fraction of sp³-hybridized carbons (Fsp3) is 0.409. The number of halogens is 1. The molecule has 1 aliphatic heterocycles. The molecule has 2 aromatic rings. The molecule has 1 aliphatic rings. The van der Waals surface area contributed by atoms with Crippen molar-refractivity contribution in [1.29, 1.82) is 0 Å². The molecule has 1 N–H and O–H groups in total. The van der Waals surface area contributed by atoms with Gasteiger partial charge >= 0.3 is 0 Å². The zero-order valence-corrected chi connectivity index (χ0v) is 19.4. The molecule has 1 amide bonds. The van der Waals surface area contributed by atoms with E-state index < -0.39 is 10.0 Å². The van der Waals surface area contributed by atoms with Crippen molar-refractivity contribution < 1.29 is 13.2 Å². The number of hydrogen-bond acceptors (Lipinski definition) is 4. The van der Waals surface area contributed by atoms with Crippen LogP contribution in [0.5, 0.6) is 0 Å². The second-order valence-corrected chi connectivity index (χ2v) is 10.9. The first-order valence-corrected chi connectivity index (χ1v) is 13.0. The van der Waals surface area contributed by atoms with Gasteiger partial charge in [-0.2, -0.15) is 16.1 Å². The summed E-state index contributed by atoms with van der Waals surface area (Å²) < 4.78 is 27.3. The molecular formula is C22H27ClN2O3S2. The lowest BCUT2D eigenvalue weighted by molar-refractivity contribution is -0.125. The third-order valence-corrected chi connectivity index (χ3v) is 8.43. The molecule has 1 heterocycles. The van der Waals surface area contributed by atoms with Crippen molar-refractivity contribution in [3.63, 3.8) is 0 Å². The van der Waals surface area contributed by atoms with Gasteiger partial charge in [0.1, 0.15) is 0 Å². The molecule has 3 rings (SSSR count). The average Bonchev–Trinajstić information content (AvgIpc) is 2.75. The molecular weight excluding hydrogens is 440 g/mol. The van der Waals surface area contributed by atoms with Crippen LogP contribution in [-0.4, -0.2) is 44.0 Å². The first-order valence-electron chi connectivity index (χ1n) is 10.0. The van der Waals surface area contributed by atoms with Gasteiger partial charge in [0, 0.05) is 36.2 Å². The normalized spacial score (nSPS) is 17.6. The minimum absolute atomic E-state index is 0.0721. The number of nitrogens with zero attached hydrogens (tertiary/aromatic N) is 1. The van der Waals surface area contributed by atoms with E-state index in [0.29, 0.717) is 25.9 Å². The summed E-state index contributed by atoms with van der Waals surface area (Å²) in [7, 11) is -3.57. The molecule has 30 heavy (non-hydrogen) atoms. The second kappa shape index (κ2) is 10.7. The number of aryl methyl sites for hydroxylation is 1. The highest BCUT2D eigenvalue weighted by molar-refractivity contribution is 7.98. The standard InChI is InChI=1S/C22H27ClN2O3S2/c1-17-8-10-20(11-9-17)30(27,28)25-13-4-6-18(15-25)22(26)24-12-14-29-16-19-5-2-3-7-21(19)23/h2-3,5,7-11,18H,4,6,12-16H2,1H3,(H,24,26)/t18-/m0/s1. The number of amides is 1. The van der Waals surface area contributed by atoms with E-state index in [-0.39, 0.29) is 23.3 Å². The number of sulfonamides is 1. The topological polar surface area (TPSA) is 66.5 Å². The van der Waals surface area contributed by atoms with E-state index in [4.69, 9.17) is 11.6 Å². The Morgan fingerprint density at radius 1 is 1.20 bits per heavy atom. The summed E-state index contributed by atoms with van der Waals surface area (Å²) >= 11 is 7.86. The van der Waals surface area contributed by atoms with Crippen LogP contribution in [0.2, 0.25) is 5.02 Å². The SMILES string of the molecule is Cc1ccc(S(=O)(=O)N2CCC[C@H](C(=O)NCCSCc3ccccc3Cl)C2)cc1. The smallest absolute Gasteiger partial charge is 0.243 e. The average molecular weight is 467 g/mol. The summed E-state index contributed by atoms with van der Waals surface area (Å²) in [6.07, 6.45) is 1.39. The van der Waals surface area contributed by atoms with E-state index in [1.165, 1.54) is 4.31 Å². The number of carbonyl (C=O) groups is 1. The van der Waals surface area contributed by atoms with Crippen LogP contribution >= 0.6 is 23.4 Å². The van der Waals surface area contributed by atoms with Crippen LogP contribution in [0.1, 0.15) is 24.0 Å². The summed E-state index contributed by atoms with van der Waals surface area (Å²) in [4.78, 5) is 12.9. The van der Waals surface area contributed by atoms with Gasteiger partial charge in [0.05, 0.1) is 10.8 Å². The van der Waals surface area contributed by atoms with Crippen LogP contribution in [0, 0.1) is 12.8 Å². The summed E-state index contributed by atoms with van der Waals surface area (Å²) in [5.74, 6) is 1.18. The zero-order valence-electron chi connectivity index (χ0n) is 17.0. The fourth-order valence-electron chi connectivity index (χ4n) is 3.42. The van der Waals surface area contributed by atoms with Crippen molar-refractivity contribution in [3.8, 4) is 0 Å². The van der Waals surface area contributed by atoms with Gasteiger partial charge in [-0.15, -0.1) is 0 Å². The lowest BCUT2D eigenvalue weighted by Gasteiger charge is -2.31. The van der Waals surface area contributed by atoms with E-state index in [0.717, 1.165) is 27.7 Å². The molecule has 0 aliphatic carbocycles. The number of hydrogen-bond donors (Lipinski definition) is 1. The Hall–Kier alpha value is -1.54. The van der Waals surface area contributed by atoms with Gasteiger partial charge in [0.15, 0.2) is 0 Å². The monoisotopic (exact) mass is 466 g/mol. The van der Waals surface area contributed by atoms with Gasteiger partial charge < -0.3 is 5.32 Å². The van der Waals surface area contributed by atoms with Crippen molar-refractivity contribution >= 4 is 39.3 Å². The van der Waals surface area contributed by atoms with Crippen LogP contribution in [0.4, 0.5) is 0 Å². The van der Waals surface area contributed by atoms with Crippen molar-refractivity contribution in [2.24, 2.45) is 5.92 Å². The number of benzene rings is 2. The molecule has 0 unspecified atom stereocenters. The van der Waals surface area contributed by atoms with Gasteiger partial charge in [-0.3, -0.25) is 4.79 Å². The molecule has 0 spiro atoms. The first-order chi connectivity index (χ1) is 14.4. The minimum atomic E-state index is -3.57. The zero-order chi connectivity index (χ0) is 21.6. The highest BCUT2D eigenvalue weighted by Gasteiger charge is 2.33. The maximum atomic E-state index is 12.9. The first kappa shape index (κ1) is 23.1. The van der Waals surface area contributed by atoms with Crippen molar-refractivity contribution in [1.82, 2.24) is 9.62 Å². The Kier molecular flexibility index (Phi) is 8.22. The molecule has 0 aromatic heterocycles. The van der Waals surface area contributed by atoms with E-state index in [1.807, 2.05) is 31.2 Å². The maximum absolute atomic E-state index is 12.9. The van der Waals surface area contributed by atoms with E-state index in [9.17, 15) is 13.2 Å². The molecule has 0 saturated carbocycles. The predicted octanol–water partition coefficient (Wildman–Crippen LogP) is 4.10. The predicted molar refractivity (Wildman–Crippen MR) is 123 cm³/mol. The summed E-state index contributed by atoms with van der Waals surface area (Å²) in [5.41, 5.74) is 2.09. The molecule has 0 radical (unpaired) electrons.